The fraction of sp³-hybridized carbons (Fsp3) is 0.318. The summed E-state index contributed by atoms with van der Waals surface area (Å²) in [4.78, 5) is 9.25. The molecule has 0 atom stereocenters. The van der Waals surface area contributed by atoms with Crippen LogP contribution in [0.2, 0.25) is 0 Å². The second-order valence-electron chi connectivity index (χ2n) is 7.17. The summed E-state index contributed by atoms with van der Waals surface area (Å²) in [6, 6.07) is 10.1. The first kappa shape index (κ1) is 19.5. The minimum Gasteiger partial charge on any atom is -0.439 e. The van der Waals surface area contributed by atoms with Crippen LogP contribution in [0, 0.1) is 0 Å². The van der Waals surface area contributed by atoms with Crippen LogP contribution in [-0.4, -0.2) is 22.6 Å². The molecule has 2 aliphatic rings. The minimum absolute atomic E-state index is 0.127. The zero-order chi connectivity index (χ0) is 20.3. The molecule has 152 valence electrons. The topological polar surface area (TPSA) is 34.6 Å². The molecule has 0 N–H and O–H groups in total. The number of rotatable bonds is 4. The van der Waals surface area contributed by atoms with Gasteiger partial charge in [-0.3, -0.25) is 0 Å². The van der Waals surface area contributed by atoms with Crippen molar-refractivity contribution in [2.24, 2.45) is 0 Å². The molecule has 4 nitrogen and oxygen atoms in total. The summed E-state index contributed by atoms with van der Waals surface area (Å²) < 4.78 is 43.5. The highest BCUT2D eigenvalue weighted by Gasteiger charge is 2.30. The summed E-state index contributed by atoms with van der Waals surface area (Å²) >= 11 is 0. The smallest absolute Gasteiger partial charge is 0.417 e. The summed E-state index contributed by atoms with van der Waals surface area (Å²) in [6.07, 6.45) is 6.41. The third-order valence-electron chi connectivity index (χ3n) is 5.10. The Labute approximate surface area is 167 Å². The molecule has 29 heavy (non-hydrogen) atoms. The van der Waals surface area contributed by atoms with Gasteiger partial charge in [0.2, 0.25) is 5.88 Å². The van der Waals surface area contributed by atoms with E-state index in [2.05, 4.69) is 11.1 Å². The molecule has 0 radical (unpaired) electrons. The standard InChI is InChI=1S/C22H21F3N2O2/c23-22(24,25)18-7-10-21(26-15-18)29-20-4-1-3-17(14-20)13-16-5-8-19(9-6-16)27-11-2-12-28-27/h1-4,7,10,12-15,19H,5-6,8-9,11H2. The van der Waals surface area contributed by atoms with Crippen LogP contribution < -0.4 is 4.74 Å². The van der Waals surface area contributed by atoms with Crippen LogP contribution in [0.15, 0.2) is 60.5 Å². The van der Waals surface area contributed by atoms with E-state index in [-0.39, 0.29) is 5.88 Å². The Morgan fingerprint density at radius 3 is 2.62 bits per heavy atom. The third kappa shape index (κ3) is 4.98. The van der Waals surface area contributed by atoms with Gasteiger partial charge >= 0.3 is 6.18 Å². The van der Waals surface area contributed by atoms with Crippen molar-refractivity contribution >= 4 is 6.08 Å². The number of hydrogen-bond donors (Lipinski definition) is 0. The predicted molar refractivity (Wildman–Crippen MR) is 103 cm³/mol. The number of allylic oxidation sites excluding steroid dienone is 1. The maximum atomic E-state index is 12.6. The zero-order valence-electron chi connectivity index (χ0n) is 15.7. The van der Waals surface area contributed by atoms with E-state index < -0.39 is 11.7 Å². The number of ether oxygens (including phenoxy) is 1. The Morgan fingerprint density at radius 1 is 1.14 bits per heavy atom. The molecule has 1 aromatic carbocycles. The molecule has 1 aromatic heterocycles. The quantitative estimate of drug-likeness (QED) is 0.630. The Hall–Kier alpha value is -2.80. The van der Waals surface area contributed by atoms with Gasteiger partial charge in [-0.1, -0.05) is 23.8 Å². The van der Waals surface area contributed by atoms with Gasteiger partial charge in [0, 0.05) is 18.3 Å². The second kappa shape index (κ2) is 8.29. The number of pyridine rings is 1. The number of hydroxylamine groups is 2. The number of hydrogen-bond acceptors (Lipinski definition) is 4. The predicted octanol–water partition coefficient (Wildman–Crippen LogP) is 5.98. The van der Waals surface area contributed by atoms with Gasteiger partial charge in [0.05, 0.1) is 12.1 Å². The van der Waals surface area contributed by atoms with Crippen LogP contribution in [0.4, 0.5) is 13.2 Å². The molecule has 7 heteroatoms. The lowest BCUT2D eigenvalue weighted by atomic mass is 9.89. The highest BCUT2D eigenvalue weighted by Crippen LogP contribution is 2.32. The van der Waals surface area contributed by atoms with E-state index in [0.717, 1.165) is 50.1 Å². The van der Waals surface area contributed by atoms with E-state index in [9.17, 15) is 13.2 Å². The molecule has 1 aliphatic heterocycles. The van der Waals surface area contributed by atoms with Gasteiger partial charge in [0.25, 0.3) is 0 Å². The minimum atomic E-state index is -4.41. The van der Waals surface area contributed by atoms with Gasteiger partial charge in [-0.25, -0.2) is 4.98 Å². The Morgan fingerprint density at radius 2 is 1.97 bits per heavy atom. The monoisotopic (exact) mass is 402 g/mol. The maximum Gasteiger partial charge on any atom is 0.417 e. The van der Waals surface area contributed by atoms with Gasteiger partial charge in [0.15, 0.2) is 0 Å². The van der Waals surface area contributed by atoms with E-state index in [1.807, 2.05) is 29.3 Å². The number of alkyl halides is 3. The van der Waals surface area contributed by atoms with Crippen LogP contribution in [0.5, 0.6) is 11.6 Å². The van der Waals surface area contributed by atoms with Crippen LogP contribution in [0.3, 0.4) is 0 Å². The molecule has 1 saturated carbocycles. The number of halogens is 3. The SMILES string of the molecule is FC(F)(F)c1ccc(Oc2cccc(C=C3CCC(N4CC=CO4)CC3)c2)nc1. The largest absolute Gasteiger partial charge is 0.439 e. The van der Waals surface area contributed by atoms with Gasteiger partial charge in [-0.05, 0) is 55.5 Å². The number of aromatic nitrogens is 1. The summed E-state index contributed by atoms with van der Waals surface area (Å²) in [6.45, 7) is 0.848. The lowest BCUT2D eigenvalue weighted by molar-refractivity contribution is -0.137. The molecule has 4 rings (SSSR count). The van der Waals surface area contributed by atoms with E-state index >= 15 is 0 Å². The average Bonchev–Trinajstić information content (AvgIpc) is 3.23. The van der Waals surface area contributed by atoms with Gasteiger partial charge in [-0.15, -0.1) is 5.06 Å². The van der Waals surface area contributed by atoms with Gasteiger partial charge in [-0.2, -0.15) is 13.2 Å². The first-order valence-electron chi connectivity index (χ1n) is 9.56. The molecule has 0 spiro atoms. The van der Waals surface area contributed by atoms with Crippen molar-refractivity contribution in [3.63, 3.8) is 0 Å². The number of nitrogens with zero attached hydrogens (tertiary/aromatic N) is 2. The Kier molecular flexibility index (Phi) is 5.58. The normalized spacial score (nSPS) is 19.8. The Bertz CT molecular complexity index is 889. The maximum absolute atomic E-state index is 12.6. The van der Waals surface area contributed by atoms with E-state index in [1.54, 1.807) is 12.3 Å². The van der Waals surface area contributed by atoms with Crippen molar-refractivity contribution in [2.75, 3.05) is 6.54 Å². The second-order valence-corrected chi connectivity index (χ2v) is 7.17. The molecular weight excluding hydrogens is 381 g/mol. The van der Waals surface area contributed by atoms with Crippen molar-refractivity contribution < 1.29 is 22.7 Å². The molecule has 1 fully saturated rings. The fourth-order valence-electron chi connectivity index (χ4n) is 3.58. The molecule has 0 amide bonds. The lowest BCUT2D eigenvalue weighted by Crippen LogP contribution is -2.33. The molecular formula is C22H21F3N2O2. The fourth-order valence-corrected chi connectivity index (χ4v) is 3.58. The third-order valence-corrected chi connectivity index (χ3v) is 5.10. The van der Waals surface area contributed by atoms with Crippen molar-refractivity contribution in [1.29, 1.82) is 0 Å². The van der Waals surface area contributed by atoms with Crippen molar-refractivity contribution in [1.82, 2.24) is 10.0 Å². The zero-order valence-corrected chi connectivity index (χ0v) is 15.7. The molecule has 0 bridgehead atoms. The van der Waals surface area contributed by atoms with Crippen LogP contribution in [0.1, 0.15) is 36.8 Å². The highest BCUT2D eigenvalue weighted by atomic mass is 19.4. The lowest BCUT2D eigenvalue weighted by Gasteiger charge is -2.30. The molecule has 2 aromatic rings. The average molecular weight is 402 g/mol. The summed E-state index contributed by atoms with van der Waals surface area (Å²) in [5.74, 6) is 0.666. The van der Waals surface area contributed by atoms with Crippen molar-refractivity contribution in [2.45, 2.75) is 37.9 Å². The van der Waals surface area contributed by atoms with Gasteiger partial charge < -0.3 is 9.57 Å². The molecule has 2 heterocycles. The van der Waals surface area contributed by atoms with E-state index in [4.69, 9.17) is 9.57 Å². The van der Waals surface area contributed by atoms with Crippen LogP contribution >= 0.6 is 0 Å². The van der Waals surface area contributed by atoms with E-state index in [1.165, 1.54) is 11.6 Å². The van der Waals surface area contributed by atoms with Gasteiger partial charge in [0.1, 0.15) is 12.0 Å². The summed E-state index contributed by atoms with van der Waals surface area (Å²) in [5, 5.41) is 2.03. The highest BCUT2D eigenvalue weighted by molar-refractivity contribution is 5.55. The first-order chi connectivity index (χ1) is 14.0. The van der Waals surface area contributed by atoms with Crippen LogP contribution in [0.25, 0.3) is 6.08 Å². The molecule has 1 aliphatic carbocycles. The summed E-state index contributed by atoms with van der Waals surface area (Å²) in [7, 11) is 0. The number of benzene rings is 1. The molecule has 0 unspecified atom stereocenters. The van der Waals surface area contributed by atoms with Crippen LogP contribution in [-0.2, 0) is 11.0 Å². The van der Waals surface area contributed by atoms with Crippen molar-refractivity contribution in [3.8, 4) is 11.6 Å². The Balaban J connectivity index is 1.38. The summed E-state index contributed by atoms with van der Waals surface area (Å²) in [5.41, 5.74) is 1.58. The van der Waals surface area contributed by atoms with E-state index in [0.29, 0.717) is 11.8 Å². The first-order valence-corrected chi connectivity index (χ1v) is 9.56. The van der Waals surface area contributed by atoms with Crippen molar-refractivity contribution in [3.05, 3.63) is 71.6 Å². The molecule has 0 saturated heterocycles.